The summed E-state index contributed by atoms with van der Waals surface area (Å²) >= 11 is 0. The van der Waals surface area contributed by atoms with E-state index in [1.54, 1.807) is 6.07 Å². The van der Waals surface area contributed by atoms with Gasteiger partial charge < -0.3 is 15.6 Å². The molecule has 1 saturated carbocycles. The third-order valence-corrected chi connectivity index (χ3v) is 3.61. The highest BCUT2D eigenvalue weighted by molar-refractivity contribution is 5.34. The highest BCUT2D eigenvalue weighted by atomic mass is 16.1. The summed E-state index contributed by atoms with van der Waals surface area (Å²) in [4.78, 5) is 18.6. The van der Waals surface area contributed by atoms with Gasteiger partial charge in [0.25, 0.3) is 5.56 Å². The number of rotatable bonds is 4. The summed E-state index contributed by atoms with van der Waals surface area (Å²) in [7, 11) is 2.02. The Kier molecular flexibility index (Phi) is 4.36. The molecule has 18 heavy (non-hydrogen) atoms. The molecule has 0 aromatic carbocycles. The van der Waals surface area contributed by atoms with Gasteiger partial charge in [0.15, 0.2) is 0 Å². The summed E-state index contributed by atoms with van der Waals surface area (Å²) in [6.07, 6.45) is 5.36. The molecular formula is C13H22N4O. The van der Waals surface area contributed by atoms with Crippen molar-refractivity contribution in [2.75, 3.05) is 12.4 Å². The summed E-state index contributed by atoms with van der Waals surface area (Å²) in [6, 6.07) is 2.62. The molecule has 0 spiro atoms. The highest BCUT2D eigenvalue weighted by Crippen LogP contribution is 2.20. The molecule has 0 unspecified atom stereocenters. The molecule has 0 atom stereocenters. The van der Waals surface area contributed by atoms with Crippen LogP contribution in [0.1, 0.15) is 38.4 Å². The molecule has 0 radical (unpaired) electrons. The molecule has 5 heteroatoms. The van der Waals surface area contributed by atoms with Crippen LogP contribution in [0.15, 0.2) is 10.9 Å². The van der Waals surface area contributed by atoms with Crippen molar-refractivity contribution in [2.24, 2.45) is 0 Å². The van der Waals surface area contributed by atoms with Crippen LogP contribution in [-0.2, 0) is 6.42 Å². The number of nitrogens with one attached hydrogen (secondary N) is 3. The Bertz CT molecular complexity index is 435. The van der Waals surface area contributed by atoms with Crippen molar-refractivity contribution in [1.29, 1.82) is 0 Å². The monoisotopic (exact) mass is 250 g/mol. The van der Waals surface area contributed by atoms with Gasteiger partial charge in [-0.2, -0.15) is 0 Å². The van der Waals surface area contributed by atoms with Crippen LogP contribution in [0.25, 0.3) is 0 Å². The number of aryl methyl sites for hydroxylation is 1. The first-order valence-electron chi connectivity index (χ1n) is 6.75. The third-order valence-electron chi connectivity index (χ3n) is 3.61. The molecule has 5 nitrogen and oxygen atoms in total. The molecular weight excluding hydrogens is 228 g/mol. The smallest absolute Gasteiger partial charge is 0.252 e. The van der Waals surface area contributed by atoms with Crippen molar-refractivity contribution >= 4 is 5.82 Å². The average molecular weight is 250 g/mol. The van der Waals surface area contributed by atoms with E-state index in [9.17, 15) is 4.79 Å². The van der Waals surface area contributed by atoms with Gasteiger partial charge in [0.1, 0.15) is 11.6 Å². The molecule has 3 N–H and O–H groups in total. The molecule has 1 aromatic heterocycles. The zero-order valence-electron chi connectivity index (χ0n) is 11.1. The standard InChI is InChI=1S/C13H22N4O/c1-3-11-16-12(8-13(18)17-11)15-10-6-4-9(14-2)5-7-10/h8-10,14H,3-7H2,1-2H3,(H2,15,16,17,18). The van der Waals surface area contributed by atoms with Crippen molar-refractivity contribution in [3.05, 3.63) is 22.2 Å². The normalized spacial score (nSPS) is 23.9. The Labute approximate surface area is 107 Å². The van der Waals surface area contributed by atoms with E-state index >= 15 is 0 Å². The maximum Gasteiger partial charge on any atom is 0.252 e. The Morgan fingerprint density at radius 2 is 2.00 bits per heavy atom. The maximum absolute atomic E-state index is 11.5. The Hall–Kier alpha value is -1.36. The van der Waals surface area contributed by atoms with Crippen molar-refractivity contribution in [1.82, 2.24) is 15.3 Å². The van der Waals surface area contributed by atoms with Gasteiger partial charge in [0.05, 0.1) is 0 Å². The second-order valence-electron chi connectivity index (χ2n) is 4.91. The summed E-state index contributed by atoms with van der Waals surface area (Å²) < 4.78 is 0. The number of hydrogen-bond donors (Lipinski definition) is 3. The second-order valence-corrected chi connectivity index (χ2v) is 4.91. The molecule has 1 aromatic rings. The van der Waals surface area contributed by atoms with E-state index in [0.29, 0.717) is 17.9 Å². The molecule has 1 fully saturated rings. The summed E-state index contributed by atoms with van der Waals surface area (Å²) in [5.41, 5.74) is -0.0757. The minimum atomic E-state index is -0.0757. The van der Waals surface area contributed by atoms with E-state index in [2.05, 4.69) is 20.6 Å². The lowest BCUT2D eigenvalue weighted by Crippen LogP contribution is -2.35. The first-order chi connectivity index (χ1) is 8.71. The fourth-order valence-corrected chi connectivity index (χ4v) is 2.49. The van der Waals surface area contributed by atoms with Crippen molar-refractivity contribution in [3.63, 3.8) is 0 Å². The third kappa shape index (κ3) is 3.32. The van der Waals surface area contributed by atoms with Gasteiger partial charge in [0, 0.05) is 24.6 Å². The van der Waals surface area contributed by atoms with E-state index < -0.39 is 0 Å². The number of nitrogens with zero attached hydrogens (tertiary/aromatic N) is 1. The minimum Gasteiger partial charge on any atom is -0.367 e. The van der Waals surface area contributed by atoms with E-state index in [0.717, 1.165) is 25.1 Å². The van der Waals surface area contributed by atoms with Crippen LogP contribution < -0.4 is 16.2 Å². The predicted octanol–water partition coefficient (Wildman–Crippen LogP) is 1.27. The molecule has 0 bridgehead atoms. The number of aromatic nitrogens is 2. The van der Waals surface area contributed by atoms with E-state index in [1.807, 2.05) is 14.0 Å². The topological polar surface area (TPSA) is 69.8 Å². The molecule has 2 rings (SSSR count). The number of hydrogen-bond acceptors (Lipinski definition) is 4. The molecule has 0 amide bonds. The van der Waals surface area contributed by atoms with Crippen LogP contribution in [0.5, 0.6) is 0 Å². The predicted molar refractivity (Wildman–Crippen MR) is 73.0 cm³/mol. The SMILES string of the molecule is CCc1nc(NC2CCC(NC)CC2)cc(=O)[nH]1. The van der Waals surface area contributed by atoms with Gasteiger partial charge >= 0.3 is 0 Å². The quantitative estimate of drug-likeness (QED) is 0.753. The Morgan fingerprint density at radius 3 is 2.61 bits per heavy atom. The van der Waals surface area contributed by atoms with Crippen molar-refractivity contribution < 1.29 is 0 Å². The largest absolute Gasteiger partial charge is 0.367 e. The van der Waals surface area contributed by atoms with Crippen LogP contribution >= 0.6 is 0 Å². The minimum absolute atomic E-state index is 0.0757. The molecule has 1 heterocycles. The number of aromatic amines is 1. The molecule has 0 aliphatic heterocycles. The fourth-order valence-electron chi connectivity index (χ4n) is 2.49. The van der Waals surface area contributed by atoms with Crippen LogP contribution in [0.4, 0.5) is 5.82 Å². The molecule has 0 saturated heterocycles. The van der Waals surface area contributed by atoms with Crippen molar-refractivity contribution in [2.45, 2.75) is 51.1 Å². The zero-order chi connectivity index (χ0) is 13.0. The first-order valence-corrected chi connectivity index (χ1v) is 6.75. The van der Waals surface area contributed by atoms with Gasteiger partial charge in [-0.3, -0.25) is 4.79 Å². The lowest BCUT2D eigenvalue weighted by molar-refractivity contribution is 0.371. The van der Waals surface area contributed by atoms with Gasteiger partial charge in [-0.1, -0.05) is 6.92 Å². The van der Waals surface area contributed by atoms with Crippen LogP contribution in [-0.4, -0.2) is 29.1 Å². The fraction of sp³-hybridized carbons (Fsp3) is 0.692. The van der Waals surface area contributed by atoms with Crippen LogP contribution in [0.3, 0.4) is 0 Å². The number of anilines is 1. The van der Waals surface area contributed by atoms with E-state index in [1.165, 1.54) is 12.8 Å². The summed E-state index contributed by atoms with van der Waals surface area (Å²) in [6.45, 7) is 1.99. The number of H-pyrrole nitrogens is 1. The average Bonchev–Trinajstić information content (AvgIpc) is 2.39. The van der Waals surface area contributed by atoms with Crippen LogP contribution in [0, 0.1) is 0 Å². The molecule has 1 aliphatic carbocycles. The Morgan fingerprint density at radius 1 is 1.33 bits per heavy atom. The Balaban J connectivity index is 1.97. The summed E-state index contributed by atoms with van der Waals surface area (Å²) in [5, 5.41) is 6.70. The first kappa shape index (κ1) is 13.1. The van der Waals surface area contributed by atoms with E-state index in [-0.39, 0.29) is 5.56 Å². The van der Waals surface area contributed by atoms with Gasteiger partial charge in [-0.15, -0.1) is 0 Å². The van der Waals surface area contributed by atoms with Gasteiger partial charge in [0.2, 0.25) is 0 Å². The lowest BCUT2D eigenvalue weighted by atomic mass is 9.91. The van der Waals surface area contributed by atoms with Gasteiger partial charge in [-0.05, 0) is 32.7 Å². The maximum atomic E-state index is 11.5. The van der Waals surface area contributed by atoms with Crippen molar-refractivity contribution in [3.8, 4) is 0 Å². The lowest BCUT2D eigenvalue weighted by Gasteiger charge is -2.29. The van der Waals surface area contributed by atoms with Crippen LogP contribution in [0.2, 0.25) is 0 Å². The highest BCUT2D eigenvalue weighted by Gasteiger charge is 2.20. The molecule has 1 aliphatic rings. The molecule has 100 valence electrons. The zero-order valence-corrected chi connectivity index (χ0v) is 11.1. The van der Waals surface area contributed by atoms with Gasteiger partial charge in [-0.25, -0.2) is 4.98 Å². The summed E-state index contributed by atoms with van der Waals surface area (Å²) in [5.74, 6) is 1.46. The van der Waals surface area contributed by atoms with E-state index in [4.69, 9.17) is 0 Å². The second kappa shape index (κ2) is 6.00.